The lowest BCUT2D eigenvalue weighted by Crippen LogP contribution is -2.48. The molecule has 2 aromatic carbocycles. The van der Waals surface area contributed by atoms with Crippen molar-refractivity contribution in [2.24, 2.45) is 0 Å². The van der Waals surface area contributed by atoms with Gasteiger partial charge in [0.05, 0.1) is 13.3 Å². The molecule has 6 nitrogen and oxygen atoms in total. The molecule has 0 saturated carbocycles. The molecular formula is C24H24ClN3O3. The monoisotopic (exact) mass is 437 g/mol. The van der Waals surface area contributed by atoms with Gasteiger partial charge in [0.15, 0.2) is 0 Å². The summed E-state index contributed by atoms with van der Waals surface area (Å²) in [5.74, 6) is 2.20. The van der Waals surface area contributed by atoms with Crippen molar-refractivity contribution in [3.63, 3.8) is 0 Å². The van der Waals surface area contributed by atoms with Gasteiger partial charge in [0.25, 0.3) is 5.91 Å². The fraction of sp³-hybridized carbons (Fsp3) is 0.250. The van der Waals surface area contributed by atoms with Gasteiger partial charge in [0.1, 0.15) is 17.2 Å². The first-order valence-corrected chi connectivity index (χ1v) is 10.5. The molecule has 1 fully saturated rings. The normalized spacial score (nSPS) is 14.3. The third-order valence-electron chi connectivity index (χ3n) is 5.27. The summed E-state index contributed by atoms with van der Waals surface area (Å²) < 4.78 is 11.2. The zero-order valence-corrected chi connectivity index (χ0v) is 18.1. The minimum Gasteiger partial charge on any atom is -0.496 e. The quantitative estimate of drug-likeness (QED) is 0.568. The Balaban J connectivity index is 1.32. The summed E-state index contributed by atoms with van der Waals surface area (Å²) in [7, 11) is 1.66. The molecule has 2 heterocycles. The first-order valence-electron chi connectivity index (χ1n) is 10.1. The number of pyridine rings is 1. The first kappa shape index (κ1) is 21.2. The van der Waals surface area contributed by atoms with Gasteiger partial charge in [-0.05, 0) is 54.6 Å². The molecule has 0 atom stereocenters. The van der Waals surface area contributed by atoms with E-state index in [2.05, 4.69) is 9.88 Å². The average molecular weight is 438 g/mol. The Labute approximate surface area is 187 Å². The van der Waals surface area contributed by atoms with Crippen molar-refractivity contribution in [1.29, 1.82) is 0 Å². The van der Waals surface area contributed by atoms with Crippen molar-refractivity contribution < 1.29 is 14.3 Å². The lowest BCUT2D eigenvalue weighted by molar-refractivity contribution is 0.0627. The average Bonchev–Trinajstić information content (AvgIpc) is 2.80. The third-order valence-corrected chi connectivity index (χ3v) is 5.50. The maximum Gasteiger partial charge on any atom is 0.253 e. The Bertz CT molecular complexity index is 1020. The lowest BCUT2D eigenvalue weighted by Gasteiger charge is -2.35. The van der Waals surface area contributed by atoms with Crippen LogP contribution >= 0.6 is 11.6 Å². The number of hydrogen-bond acceptors (Lipinski definition) is 5. The lowest BCUT2D eigenvalue weighted by atomic mass is 10.1. The van der Waals surface area contributed by atoms with Crippen LogP contribution in [0, 0.1) is 0 Å². The van der Waals surface area contributed by atoms with E-state index in [4.69, 9.17) is 21.1 Å². The number of carbonyl (C=O) groups is 1. The van der Waals surface area contributed by atoms with E-state index in [0.717, 1.165) is 30.9 Å². The number of amides is 1. The highest BCUT2D eigenvalue weighted by Gasteiger charge is 2.23. The minimum absolute atomic E-state index is 0.0351. The number of piperazine rings is 1. The Morgan fingerprint density at radius 1 is 1.03 bits per heavy atom. The molecule has 1 aromatic heterocycles. The summed E-state index contributed by atoms with van der Waals surface area (Å²) in [4.78, 5) is 21.1. The van der Waals surface area contributed by atoms with Crippen molar-refractivity contribution >= 4 is 17.5 Å². The summed E-state index contributed by atoms with van der Waals surface area (Å²) in [6.45, 7) is 3.69. The van der Waals surface area contributed by atoms with E-state index < -0.39 is 0 Å². The summed E-state index contributed by atoms with van der Waals surface area (Å²) in [5.41, 5.74) is 1.71. The first-order chi connectivity index (χ1) is 15.1. The topological polar surface area (TPSA) is 54.9 Å². The molecule has 31 heavy (non-hydrogen) atoms. The van der Waals surface area contributed by atoms with E-state index in [1.54, 1.807) is 31.6 Å². The van der Waals surface area contributed by atoms with Crippen LogP contribution in [0.4, 0.5) is 0 Å². The van der Waals surface area contributed by atoms with Crippen LogP contribution in [0.1, 0.15) is 15.9 Å². The van der Waals surface area contributed by atoms with E-state index in [1.165, 1.54) is 0 Å². The largest absolute Gasteiger partial charge is 0.496 e. The molecule has 0 bridgehead atoms. The Hall–Kier alpha value is -3.09. The van der Waals surface area contributed by atoms with Crippen LogP contribution in [-0.2, 0) is 6.54 Å². The van der Waals surface area contributed by atoms with Crippen LogP contribution in [0.25, 0.3) is 0 Å². The van der Waals surface area contributed by atoms with Crippen LogP contribution in [0.3, 0.4) is 0 Å². The smallest absolute Gasteiger partial charge is 0.253 e. The highest BCUT2D eigenvalue weighted by Crippen LogP contribution is 2.25. The molecule has 0 unspecified atom stereocenters. The highest BCUT2D eigenvalue weighted by atomic mass is 35.5. The van der Waals surface area contributed by atoms with Gasteiger partial charge < -0.3 is 14.4 Å². The van der Waals surface area contributed by atoms with Crippen molar-refractivity contribution in [1.82, 2.24) is 14.8 Å². The second kappa shape index (κ2) is 9.81. The second-order valence-corrected chi connectivity index (χ2v) is 7.78. The summed E-state index contributed by atoms with van der Waals surface area (Å²) in [5, 5.41) is 0.695. The number of carbonyl (C=O) groups excluding carboxylic acids is 1. The van der Waals surface area contributed by atoms with Gasteiger partial charge >= 0.3 is 0 Å². The van der Waals surface area contributed by atoms with Crippen molar-refractivity contribution in [3.8, 4) is 17.2 Å². The van der Waals surface area contributed by atoms with Gasteiger partial charge in [-0.3, -0.25) is 14.7 Å². The molecule has 1 aliphatic rings. The zero-order chi connectivity index (χ0) is 21.6. The predicted octanol–water partition coefficient (Wildman–Crippen LogP) is 4.49. The molecule has 160 valence electrons. The fourth-order valence-corrected chi connectivity index (χ4v) is 3.81. The number of aromatic nitrogens is 1. The Morgan fingerprint density at radius 3 is 2.48 bits per heavy atom. The molecule has 3 aromatic rings. The van der Waals surface area contributed by atoms with E-state index in [9.17, 15) is 4.79 Å². The maximum atomic E-state index is 12.9. The van der Waals surface area contributed by atoms with Crippen molar-refractivity contribution in [2.75, 3.05) is 33.3 Å². The number of ether oxygens (including phenoxy) is 2. The summed E-state index contributed by atoms with van der Waals surface area (Å²) in [6.07, 6.45) is 3.34. The van der Waals surface area contributed by atoms with Gasteiger partial charge in [0, 0.05) is 55.1 Å². The number of nitrogens with zero attached hydrogens (tertiary/aromatic N) is 3. The molecule has 1 saturated heterocycles. The molecule has 1 aliphatic heterocycles. The molecule has 0 radical (unpaired) electrons. The highest BCUT2D eigenvalue weighted by molar-refractivity contribution is 6.30. The summed E-state index contributed by atoms with van der Waals surface area (Å²) in [6, 6.07) is 16.5. The van der Waals surface area contributed by atoms with Crippen LogP contribution in [0.15, 0.2) is 67.0 Å². The van der Waals surface area contributed by atoms with Gasteiger partial charge in [-0.1, -0.05) is 11.6 Å². The van der Waals surface area contributed by atoms with E-state index in [1.807, 2.05) is 47.4 Å². The number of hydrogen-bond donors (Lipinski definition) is 0. The van der Waals surface area contributed by atoms with Crippen molar-refractivity contribution in [2.45, 2.75) is 6.54 Å². The van der Waals surface area contributed by atoms with Crippen LogP contribution in [0.2, 0.25) is 5.02 Å². The molecule has 0 aliphatic carbocycles. The molecule has 7 heteroatoms. The number of rotatable bonds is 6. The van der Waals surface area contributed by atoms with E-state index >= 15 is 0 Å². The molecule has 0 spiro atoms. The van der Waals surface area contributed by atoms with Gasteiger partial charge in [-0.25, -0.2) is 0 Å². The van der Waals surface area contributed by atoms with Crippen LogP contribution in [0.5, 0.6) is 17.2 Å². The second-order valence-electron chi connectivity index (χ2n) is 7.34. The number of benzene rings is 2. The van der Waals surface area contributed by atoms with Gasteiger partial charge in [0.2, 0.25) is 0 Å². The van der Waals surface area contributed by atoms with E-state index in [-0.39, 0.29) is 5.91 Å². The summed E-state index contributed by atoms with van der Waals surface area (Å²) >= 11 is 6.14. The standard InChI is InChI=1S/C24H24ClN3O3/c1-30-23-9-6-20(25)15-19(23)17-27-11-13-28(14-12-27)24(29)18-4-7-21(8-5-18)31-22-3-2-10-26-16-22/h2-10,15-16H,11-14,17H2,1H3. The molecule has 4 rings (SSSR count). The van der Waals surface area contributed by atoms with Crippen LogP contribution in [-0.4, -0.2) is 54.0 Å². The Kier molecular flexibility index (Phi) is 6.70. The number of halogens is 1. The van der Waals surface area contributed by atoms with Crippen molar-refractivity contribution in [3.05, 3.63) is 83.1 Å². The maximum absolute atomic E-state index is 12.9. The number of methoxy groups -OCH3 is 1. The molecular weight excluding hydrogens is 414 g/mol. The molecule has 0 N–H and O–H groups in total. The van der Waals surface area contributed by atoms with Crippen LogP contribution < -0.4 is 9.47 Å². The van der Waals surface area contributed by atoms with E-state index in [0.29, 0.717) is 35.2 Å². The zero-order valence-electron chi connectivity index (χ0n) is 17.3. The van der Waals surface area contributed by atoms with Gasteiger partial charge in [-0.2, -0.15) is 0 Å². The SMILES string of the molecule is COc1ccc(Cl)cc1CN1CCN(C(=O)c2ccc(Oc3cccnc3)cc2)CC1. The Morgan fingerprint density at radius 2 is 1.81 bits per heavy atom. The molecule has 1 amide bonds. The predicted molar refractivity (Wildman–Crippen MR) is 120 cm³/mol. The minimum atomic E-state index is 0.0351. The fourth-order valence-electron chi connectivity index (χ4n) is 3.61. The van der Waals surface area contributed by atoms with Gasteiger partial charge in [-0.15, -0.1) is 0 Å². The third kappa shape index (κ3) is 5.34.